The predicted octanol–water partition coefficient (Wildman–Crippen LogP) is 1.53. The Morgan fingerprint density at radius 3 is 2.81 bits per heavy atom. The summed E-state index contributed by atoms with van der Waals surface area (Å²) in [4.78, 5) is 13.1. The van der Waals surface area contributed by atoms with Gasteiger partial charge in [-0.25, -0.2) is 0 Å². The van der Waals surface area contributed by atoms with Crippen LogP contribution in [0.2, 0.25) is 0 Å². The van der Waals surface area contributed by atoms with E-state index in [1.807, 2.05) is 23.1 Å². The zero-order valence-corrected chi connectivity index (χ0v) is 9.35. The zero-order chi connectivity index (χ0) is 11.2. The lowest BCUT2D eigenvalue weighted by Gasteiger charge is -2.27. The van der Waals surface area contributed by atoms with Crippen LogP contribution in [-0.4, -0.2) is 30.0 Å². The van der Waals surface area contributed by atoms with Crippen LogP contribution in [0.3, 0.4) is 0 Å². The second kappa shape index (κ2) is 3.32. The van der Waals surface area contributed by atoms with E-state index in [0.29, 0.717) is 0 Å². The molecule has 2 aliphatic rings. The number of hydrogen-bond acceptors (Lipinski definition) is 2. The molecule has 1 amide bonds. The number of rotatable bonds is 1. The smallest absolute Gasteiger partial charge is 0.219 e. The van der Waals surface area contributed by atoms with E-state index in [0.717, 1.165) is 19.5 Å². The third-order valence-electron chi connectivity index (χ3n) is 3.66. The Hall–Kier alpha value is -1.35. The molecule has 3 rings (SSSR count). The van der Waals surface area contributed by atoms with Crippen LogP contribution in [0.4, 0.5) is 0 Å². The van der Waals surface area contributed by atoms with E-state index in [9.17, 15) is 4.79 Å². The van der Waals surface area contributed by atoms with Crippen molar-refractivity contribution in [3.63, 3.8) is 0 Å². The fourth-order valence-electron chi connectivity index (χ4n) is 2.62. The normalized spacial score (nSPS) is 32.1. The Morgan fingerprint density at radius 1 is 1.44 bits per heavy atom. The van der Waals surface area contributed by atoms with Crippen molar-refractivity contribution in [3.05, 3.63) is 35.9 Å². The van der Waals surface area contributed by atoms with E-state index in [1.165, 1.54) is 5.56 Å². The van der Waals surface area contributed by atoms with E-state index in [1.54, 1.807) is 6.92 Å². The van der Waals surface area contributed by atoms with E-state index in [4.69, 9.17) is 4.74 Å². The molecule has 84 valence electrons. The molecule has 2 unspecified atom stereocenters. The number of likely N-dealkylation sites (tertiary alicyclic amines) is 1. The molecule has 0 saturated carbocycles. The van der Waals surface area contributed by atoms with E-state index in [2.05, 4.69) is 12.1 Å². The molecule has 2 heterocycles. The number of benzene rings is 1. The summed E-state index contributed by atoms with van der Waals surface area (Å²) in [6, 6.07) is 10.3. The number of amides is 1. The van der Waals surface area contributed by atoms with Crippen molar-refractivity contribution in [2.75, 3.05) is 13.1 Å². The molecular formula is C13H15NO2. The van der Waals surface area contributed by atoms with Crippen molar-refractivity contribution < 1.29 is 9.53 Å². The van der Waals surface area contributed by atoms with Crippen LogP contribution in [0.25, 0.3) is 0 Å². The molecule has 0 N–H and O–H groups in total. The highest BCUT2D eigenvalue weighted by Gasteiger charge is 2.60. The van der Waals surface area contributed by atoms with Gasteiger partial charge in [-0.3, -0.25) is 4.79 Å². The Morgan fingerprint density at radius 2 is 2.19 bits per heavy atom. The van der Waals surface area contributed by atoms with Crippen LogP contribution in [0.15, 0.2) is 30.3 Å². The van der Waals surface area contributed by atoms with Crippen LogP contribution in [-0.2, 0) is 15.1 Å². The Kier molecular flexibility index (Phi) is 2.04. The van der Waals surface area contributed by atoms with Gasteiger partial charge in [0.25, 0.3) is 0 Å². The number of nitrogens with zero attached hydrogens (tertiary/aromatic N) is 1. The number of fused-ring (bicyclic) bond motifs is 1. The van der Waals surface area contributed by atoms with Gasteiger partial charge in [-0.2, -0.15) is 0 Å². The monoisotopic (exact) mass is 217 g/mol. The van der Waals surface area contributed by atoms with Crippen LogP contribution < -0.4 is 0 Å². The summed E-state index contributed by atoms with van der Waals surface area (Å²) in [5.74, 6) is 0.150. The van der Waals surface area contributed by atoms with Gasteiger partial charge < -0.3 is 9.64 Å². The largest absolute Gasteiger partial charge is 0.359 e. The Bertz CT molecular complexity index is 417. The van der Waals surface area contributed by atoms with Crippen molar-refractivity contribution in [2.45, 2.75) is 25.0 Å². The van der Waals surface area contributed by atoms with Crippen LogP contribution >= 0.6 is 0 Å². The summed E-state index contributed by atoms with van der Waals surface area (Å²) in [6.45, 7) is 3.17. The van der Waals surface area contributed by atoms with Crippen molar-refractivity contribution in [1.82, 2.24) is 4.90 Å². The number of ether oxygens (including phenoxy) is 1. The maximum atomic E-state index is 11.3. The first-order valence-corrected chi connectivity index (χ1v) is 5.71. The molecule has 0 bridgehead atoms. The van der Waals surface area contributed by atoms with Crippen molar-refractivity contribution in [1.29, 1.82) is 0 Å². The summed E-state index contributed by atoms with van der Waals surface area (Å²) in [5.41, 5.74) is 1.16. The van der Waals surface area contributed by atoms with Gasteiger partial charge in [-0.15, -0.1) is 0 Å². The minimum absolute atomic E-state index is 0.0901. The average Bonchev–Trinajstić information content (AvgIpc) is 3.04. The summed E-state index contributed by atoms with van der Waals surface area (Å²) >= 11 is 0. The third-order valence-corrected chi connectivity index (χ3v) is 3.66. The first-order chi connectivity index (χ1) is 7.72. The quantitative estimate of drug-likeness (QED) is 0.668. The first kappa shape index (κ1) is 9.85. The van der Waals surface area contributed by atoms with Crippen LogP contribution in [0.1, 0.15) is 18.9 Å². The van der Waals surface area contributed by atoms with E-state index >= 15 is 0 Å². The maximum absolute atomic E-state index is 11.3. The van der Waals surface area contributed by atoms with Gasteiger partial charge in [0.1, 0.15) is 11.7 Å². The first-order valence-electron chi connectivity index (χ1n) is 5.71. The fourth-order valence-corrected chi connectivity index (χ4v) is 2.62. The SMILES string of the molecule is CC(=O)N1CCC2(c3ccccc3)OC2C1. The molecule has 1 aromatic rings. The highest BCUT2D eigenvalue weighted by atomic mass is 16.6. The highest BCUT2D eigenvalue weighted by Crippen LogP contribution is 2.51. The van der Waals surface area contributed by atoms with Gasteiger partial charge in [0.05, 0.1) is 6.54 Å². The molecule has 0 aromatic heterocycles. The fraction of sp³-hybridized carbons (Fsp3) is 0.462. The molecule has 3 heteroatoms. The molecule has 2 saturated heterocycles. The summed E-state index contributed by atoms with van der Waals surface area (Å²) < 4.78 is 5.84. The lowest BCUT2D eigenvalue weighted by atomic mass is 9.89. The molecule has 2 aliphatic heterocycles. The lowest BCUT2D eigenvalue weighted by molar-refractivity contribution is -0.129. The topological polar surface area (TPSA) is 32.8 Å². The molecule has 0 aliphatic carbocycles. The molecule has 0 radical (unpaired) electrons. The van der Waals surface area contributed by atoms with Gasteiger partial charge in [0.15, 0.2) is 0 Å². The van der Waals surface area contributed by atoms with Gasteiger partial charge in [-0.05, 0) is 5.56 Å². The number of carbonyl (C=O) groups excluding carboxylic acids is 1. The second-order valence-corrected chi connectivity index (χ2v) is 4.58. The molecular weight excluding hydrogens is 202 g/mol. The molecule has 3 nitrogen and oxygen atoms in total. The number of hydrogen-bond donors (Lipinski definition) is 0. The standard InChI is InChI=1S/C13H15NO2/c1-10(15)14-8-7-13(12(9-14)16-13)11-5-3-2-4-6-11/h2-6,12H,7-9H2,1H3. The molecule has 2 fully saturated rings. The number of carbonyl (C=O) groups is 1. The second-order valence-electron chi connectivity index (χ2n) is 4.58. The molecule has 16 heavy (non-hydrogen) atoms. The summed E-state index contributed by atoms with van der Waals surface area (Å²) in [7, 11) is 0. The maximum Gasteiger partial charge on any atom is 0.219 e. The number of epoxide rings is 1. The van der Waals surface area contributed by atoms with Gasteiger partial charge >= 0.3 is 0 Å². The Balaban J connectivity index is 1.80. The van der Waals surface area contributed by atoms with Crippen LogP contribution in [0, 0.1) is 0 Å². The lowest BCUT2D eigenvalue weighted by Crippen LogP contribution is -2.41. The molecule has 0 spiro atoms. The van der Waals surface area contributed by atoms with Gasteiger partial charge in [-0.1, -0.05) is 30.3 Å². The van der Waals surface area contributed by atoms with E-state index in [-0.39, 0.29) is 17.6 Å². The van der Waals surface area contributed by atoms with Crippen molar-refractivity contribution >= 4 is 5.91 Å². The van der Waals surface area contributed by atoms with Crippen molar-refractivity contribution in [3.8, 4) is 0 Å². The van der Waals surface area contributed by atoms with Gasteiger partial charge in [0.2, 0.25) is 5.91 Å². The third kappa shape index (κ3) is 1.35. The molecule has 1 aromatic carbocycles. The summed E-state index contributed by atoms with van der Waals surface area (Å²) in [5, 5.41) is 0. The number of piperidine rings is 1. The van der Waals surface area contributed by atoms with E-state index < -0.39 is 0 Å². The minimum atomic E-state index is -0.0901. The Labute approximate surface area is 95.0 Å². The average molecular weight is 217 g/mol. The minimum Gasteiger partial charge on any atom is -0.359 e. The summed E-state index contributed by atoms with van der Waals surface area (Å²) in [6.07, 6.45) is 1.12. The highest BCUT2D eigenvalue weighted by molar-refractivity contribution is 5.73. The predicted molar refractivity (Wildman–Crippen MR) is 59.9 cm³/mol. The van der Waals surface area contributed by atoms with Gasteiger partial charge in [0, 0.05) is 19.9 Å². The van der Waals surface area contributed by atoms with Crippen molar-refractivity contribution in [2.24, 2.45) is 0 Å². The molecule has 2 atom stereocenters. The van der Waals surface area contributed by atoms with Crippen LogP contribution in [0.5, 0.6) is 0 Å². The zero-order valence-electron chi connectivity index (χ0n) is 9.35.